The van der Waals surface area contributed by atoms with Crippen LogP contribution in [0.1, 0.15) is 23.4 Å². The van der Waals surface area contributed by atoms with Gasteiger partial charge in [0.15, 0.2) is 5.16 Å². The van der Waals surface area contributed by atoms with Crippen molar-refractivity contribution in [2.24, 2.45) is 0 Å². The van der Waals surface area contributed by atoms with Crippen LogP contribution in [0.15, 0.2) is 77.0 Å². The number of aromatic nitrogens is 4. The highest BCUT2D eigenvalue weighted by atomic mass is 32.2. The summed E-state index contributed by atoms with van der Waals surface area (Å²) in [6.45, 7) is 11.1. The van der Waals surface area contributed by atoms with Gasteiger partial charge in [-0.15, -0.1) is 0 Å². The SMILES string of the molecule is Cc1cc(C)nc(Sc2ccc(NC(=O)Nc3c(C)cccc3OCCCN3CCN(c4ncccn4)CC3)cc2)n1. The zero-order chi connectivity index (χ0) is 29.3. The van der Waals surface area contributed by atoms with E-state index in [1.165, 1.54) is 11.8 Å². The van der Waals surface area contributed by atoms with E-state index < -0.39 is 0 Å². The molecule has 1 aliphatic heterocycles. The summed E-state index contributed by atoms with van der Waals surface area (Å²) in [5.41, 5.74) is 4.17. The van der Waals surface area contributed by atoms with Gasteiger partial charge in [-0.05, 0) is 87.0 Å². The number of aryl methyl sites for hydroxylation is 3. The first kappa shape index (κ1) is 29.3. The predicted octanol–water partition coefficient (Wildman–Crippen LogP) is 5.58. The number of carbonyl (C=O) groups is 1. The summed E-state index contributed by atoms with van der Waals surface area (Å²) in [6.07, 6.45) is 4.45. The first-order valence-corrected chi connectivity index (χ1v) is 14.9. The van der Waals surface area contributed by atoms with E-state index in [1.54, 1.807) is 12.4 Å². The Labute approximate surface area is 251 Å². The number of hydrogen-bond acceptors (Lipinski definition) is 9. The van der Waals surface area contributed by atoms with Gasteiger partial charge in [0.05, 0.1) is 12.3 Å². The molecule has 5 rings (SSSR count). The molecule has 1 aliphatic rings. The Bertz CT molecular complexity index is 1460. The normalized spacial score (nSPS) is 13.5. The van der Waals surface area contributed by atoms with Gasteiger partial charge in [0, 0.05) is 67.1 Å². The summed E-state index contributed by atoms with van der Waals surface area (Å²) in [6, 6.07) is 16.9. The topological polar surface area (TPSA) is 108 Å². The molecule has 218 valence electrons. The summed E-state index contributed by atoms with van der Waals surface area (Å²) in [4.78, 5) is 36.2. The molecule has 0 spiro atoms. The fourth-order valence-corrected chi connectivity index (χ4v) is 5.61. The number of ether oxygens (including phenoxy) is 1. The van der Waals surface area contributed by atoms with Crippen LogP contribution in [0.4, 0.5) is 22.1 Å². The quantitative estimate of drug-likeness (QED) is 0.182. The Morgan fingerprint density at radius 1 is 0.905 bits per heavy atom. The number of rotatable bonds is 10. The maximum Gasteiger partial charge on any atom is 0.323 e. The molecule has 1 saturated heterocycles. The largest absolute Gasteiger partial charge is 0.491 e. The predicted molar refractivity (Wildman–Crippen MR) is 167 cm³/mol. The zero-order valence-electron chi connectivity index (χ0n) is 24.2. The molecule has 10 nitrogen and oxygen atoms in total. The highest BCUT2D eigenvalue weighted by Gasteiger charge is 2.18. The second kappa shape index (κ2) is 14.1. The highest BCUT2D eigenvalue weighted by Crippen LogP contribution is 2.29. The fourth-order valence-electron chi connectivity index (χ4n) is 4.74. The van der Waals surface area contributed by atoms with Crippen molar-refractivity contribution in [1.82, 2.24) is 24.8 Å². The summed E-state index contributed by atoms with van der Waals surface area (Å²) in [5.74, 6) is 1.46. The smallest absolute Gasteiger partial charge is 0.323 e. The van der Waals surface area contributed by atoms with Gasteiger partial charge in [-0.1, -0.05) is 12.1 Å². The van der Waals surface area contributed by atoms with Crippen LogP contribution in [0.25, 0.3) is 0 Å². The average molecular weight is 585 g/mol. The van der Waals surface area contributed by atoms with E-state index in [0.29, 0.717) is 28.9 Å². The molecule has 1 fully saturated rings. The van der Waals surface area contributed by atoms with E-state index in [0.717, 1.165) is 66.9 Å². The van der Waals surface area contributed by atoms with Gasteiger partial charge < -0.3 is 20.3 Å². The second-order valence-corrected chi connectivity index (χ2v) is 11.2. The third kappa shape index (κ3) is 8.17. The Kier molecular flexibility index (Phi) is 9.83. The van der Waals surface area contributed by atoms with Crippen LogP contribution in [-0.4, -0.2) is 70.2 Å². The number of anilines is 3. The van der Waals surface area contributed by atoms with Gasteiger partial charge in [0.1, 0.15) is 5.75 Å². The Morgan fingerprint density at radius 2 is 1.62 bits per heavy atom. The minimum absolute atomic E-state index is 0.326. The standard InChI is InChI=1S/C31H36N8O2S/c1-22-7-4-8-27(41-20-6-15-38-16-18-39(19-17-38)29-32-13-5-14-33-29)28(22)37-30(40)36-25-9-11-26(12-10-25)42-31-34-23(2)21-24(3)35-31/h4-5,7-14,21H,6,15-20H2,1-3H3,(H2,36,37,40). The Morgan fingerprint density at radius 3 is 2.33 bits per heavy atom. The molecule has 2 aromatic heterocycles. The monoisotopic (exact) mass is 584 g/mol. The van der Waals surface area contributed by atoms with Crippen molar-refractivity contribution in [2.45, 2.75) is 37.2 Å². The van der Waals surface area contributed by atoms with Crippen LogP contribution in [0.5, 0.6) is 5.75 Å². The lowest BCUT2D eigenvalue weighted by Crippen LogP contribution is -2.47. The van der Waals surface area contributed by atoms with Crippen molar-refractivity contribution in [3.8, 4) is 5.75 Å². The maximum absolute atomic E-state index is 12.9. The van der Waals surface area contributed by atoms with Gasteiger partial charge >= 0.3 is 6.03 Å². The molecule has 0 radical (unpaired) electrons. The number of amides is 2. The van der Waals surface area contributed by atoms with Crippen LogP contribution >= 0.6 is 11.8 Å². The molecule has 0 unspecified atom stereocenters. The number of urea groups is 1. The van der Waals surface area contributed by atoms with Crippen molar-refractivity contribution in [3.63, 3.8) is 0 Å². The minimum Gasteiger partial charge on any atom is -0.491 e. The summed E-state index contributed by atoms with van der Waals surface area (Å²) in [5, 5.41) is 6.60. The third-order valence-electron chi connectivity index (χ3n) is 6.84. The maximum atomic E-state index is 12.9. The minimum atomic E-state index is -0.326. The summed E-state index contributed by atoms with van der Waals surface area (Å²) >= 11 is 1.49. The number of benzene rings is 2. The van der Waals surface area contributed by atoms with Gasteiger partial charge in [-0.2, -0.15) is 0 Å². The molecular formula is C31H36N8O2S. The van der Waals surface area contributed by atoms with Gasteiger partial charge in [0.25, 0.3) is 0 Å². The van der Waals surface area contributed by atoms with Crippen molar-refractivity contribution in [1.29, 1.82) is 0 Å². The molecule has 3 heterocycles. The van der Waals surface area contributed by atoms with Crippen LogP contribution in [0.3, 0.4) is 0 Å². The molecule has 0 atom stereocenters. The van der Waals surface area contributed by atoms with E-state index in [1.807, 2.05) is 75.4 Å². The average Bonchev–Trinajstić information content (AvgIpc) is 2.98. The lowest BCUT2D eigenvalue weighted by molar-refractivity contribution is 0.224. The molecule has 0 saturated carbocycles. The number of hydrogen-bond donors (Lipinski definition) is 2. The van der Waals surface area contributed by atoms with E-state index in [-0.39, 0.29) is 6.03 Å². The molecule has 0 aliphatic carbocycles. The van der Waals surface area contributed by atoms with E-state index in [2.05, 4.69) is 40.4 Å². The molecule has 4 aromatic rings. The van der Waals surface area contributed by atoms with Crippen molar-refractivity contribution < 1.29 is 9.53 Å². The molecule has 0 bridgehead atoms. The van der Waals surface area contributed by atoms with Crippen molar-refractivity contribution in [2.75, 3.05) is 54.9 Å². The van der Waals surface area contributed by atoms with Crippen LogP contribution < -0.4 is 20.3 Å². The Balaban J connectivity index is 1.08. The summed E-state index contributed by atoms with van der Waals surface area (Å²) < 4.78 is 6.13. The van der Waals surface area contributed by atoms with Crippen LogP contribution in [0, 0.1) is 20.8 Å². The molecule has 2 N–H and O–H groups in total. The number of nitrogens with zero attached hydrogens (tertiary/aromatic N) is 6. The zero-order valence-corrected chi connectivity index (χ0v) is 25.0. The number of carbonyl (C=O) groups excluding carboxylic acids is 1. The highest BCUT2D eigenvalue weighted by molar-refractivity contribution is 7.99. The molecule has 2 aromatic carbocycles. The van der Waals surface area contributed by atoms with Crippen LogP contribution in [-0.2, 0) is 0 Å². The van der Waals surface area contributed by atoms with E-state index in [4.69, 9.17) is 4.74 Å². The lowest BCUT2D eigenvalue weighted by atomic mass is 10.2. The summed E-state index contributed by atoms with van der Waals surface area (Å²) in [7, 11) is 0. The van der Waals surface area contributed by atoms with Crippen molar-refractivity contribution in [3.05, 3.63) is 83.9 Å². The number of piperazine rings is 1. The van der Waals surface area contributed by atoms with Crippen molar-refractivity contribution >= 4 is 35.1 Å². The van der Waals surface area contributed by atoms with E-state index >= 15 is 0 Å². The first-order valence-electron chi connectivity index (χ1n) is 14.1. The molecule has 2 amide bonds. The Hall–Kier alpha value is -4.22. The number of para-hydroxylation sites is 1. The molecule has 42 heavy (non-hydrogen) atoms. The molecular weight excluding hydrogens is 548 g/mol. The number of nitrogens with one attached hydrogen (secondary N) is 2. The van der Waals surface area contributed by atoms with Gasteiger partial charge in [-0.3, -0.25) is 4.90 Å². The molecule has 11 heteroatoms. The van der Waals surface area contributed by atoms with Crippen LogP contribution in [0.2, 0.25) is 0 Å². The van der Waals surface area contributed by atoms with Gasteiger partial charge in [0.2, 0.25) is 5.95 Å². The third-order valence-corrected chi connectivity index (χ3v) is 7.71. The first-order chi connectivity index (χ1) is 20.4. The van der Waals surface area contributed by atoms with E-state index in [9.17, 15) is 4.79 Å². The fraction of sp³-hybridized carbons (Fsp3) is 0.323. The second-order valence-electron chi connectivity index (χ2n) is 10.2. The lowest BCUT2D eigenvalue weighted by Gasteiger charge is -2.34. The van der Waals surface area contributed by atoms with Gasteiger partial charge in [-0.25, -0.2) is 24.7 Å².